The maximum atomic E-state index is 12.8. The molecule has 0 atom stereocenters. The number of sulfonamides is 1. The molecule has 1 aliphatic heterocycles. The number of nitrogen functional groups attached to an aromatic ring is 1. The first-order valence-electron chi connectivity index (χ1n) is 8.07. The van der Waals surface area contributed by atoms with Gasteiger partial charge in [0.25, 0.3) is 0 Å². The van der Waals surface area contributed by atoms with Crippen molar-refractivity contribution < 1.29 is 8.42 Å². The summed E-state index contributed by atoms with van der Waals surface area (Å²) in [5, 5.41) is 3.31. The molecule has 0 bridgehead atoms. The fourth-order valence-electron chi connectivity index (χ4n) is 2.76. The zero-order valence-corrected chi connectivity index (χ0v) is 15.2. The largest absolute Gasteiger partial charge is 0.382 e. The number of benzene rings is 1. The fourth-order valence-corrected chi connectivity index (χ4v) is 4.52. The second kappa shape index (κ2) is 7.55. The van der Waals surface area contributed by atoms with Crippen LogP contribution in [0.4, 0.5) is 11.6 Å². The number of aromatic nitrogens is 2. The van der Waals surface area contributed by atoms with E-state index in [0.717, 1.165) is 24.8 Å². The van der Waals surface area contributed by atoms with Crippen molar-refractivity contribution in [2.24, 2.45) is 0 Å². The van der Waals surface area contributed by atoms with Crippen LogP contribution >= 0.6 is 11.6 Å². The van der Waals surface area contributed by atoms with Gasteiger partial charge in [0.05, 0.1) is 4.90 Å². The van der Waals surface area contributed by atoms with Gasteiger partial charge in [-0.2, -0.15) is 4.31 Å². The SMILES string of the molecule is Nc1ncnc(NCc2cccc(S(=O)(=O)N3CCCCC3)c2)c1Cl. The summed E-state index contributed by atoms with van der Waals surface area (Å²) in [5.74, 6) is 0.610. The van der Waals surface area contributed by atoms with E-state index in [2.05, 4.69) is 15.3 Å². The first-order chi connectivity index (χ1) is 12.0. The van der Waals surface area contributed by atoms with Gasteiger partial charge >= 0.3 is 0 Å². The van der Waals surface area contributed by atoms with Crippen molar-refractivity contribution >= 4 is 33.3 Å². The Labute approximate surface area is 152 Å². The van der Waals surface area contributed by atoms with Gasteiger partial charge in [-0.15, -0.1) is 0 Å². The molecule has 25 heavy (non-hydrogen) atoms. The van der Waals surface area contributed by atoms with Crippen LogP contribution in [0.2, 0.25) is 5.02 Å². The minimum absolute atomic E-state index is 0.195. The third-order valence-corrected chi connectivity index (χ3v) is 6.39. The molecule has 3 rings (SSSR count). The van der Waals surface area contributed by atoms with Gasteiger partial charge in [-0.05, 0) is 30.5 Å². The number of rotatable bonds is 5. The van der Waals surface area contributed by atoms with Gasteiger partial charge < -0.3 is 11.1 Å². The number of hydrogen-bond donors (Lipinski definition) is 2. The number of nitrogens with two attached hydrogens (primary N) is 1. The lowest BCUT2D eigenvalue weighted by molar-refractivity contribution is 0.346. The van der Waals surface area contributed by atoms with E-state index in [1.807, 2.05) is 6.07 Å². The number of nitrogens with zero attached hydrogens (tertiary/aromatic N) is 3. The van der Waals surface area contributed by atoms with Gasteiger partial charge in [0.15, 0.2) is 5.82 Å². The number of nitrogens with one attached hydrogen (secondary N) is 1. The summed E-state index contributed by atoms with van der Waals surface area (Å²) in [6, 6.07) is 6.89. The van der Waals surface area contributed by atoms with Crippen LogP contribution in [0.25, 0.3) is 0 Å². The van der Waals surface area contributed by atoms with E-state index in [4.69, 9.17) is 17.3 Å². The molecule has 1 saturated heterocycles. The molecule has 3 N–H and O–H groups in total. The number of anilines is 2. The van der Waals surface area contributed by atoms with E-state index < -0.39 is 10.0 Å². The molecular weight excluding hydrogens is 362 g/mol. The molecular formula is C16H20ClN5O2S. The molecule has 134 valence electrons. The Balaban J connectivity index is 1.76. The predicted octanol–water partition coefficient (Wildman–Crippen LogP) is 2.50. The van der Waals surface area contributed by atoms with Crippen LogP contribution in [-0.2, 0) is 16.6 Å². The van der Waals surface area contributed by atoms with E-state index in [-0.39, 0.29) is 10.8 Å². The van der Waals surface area contributed by atoms with Crippen molar-refractivity contribution in [3.05, 3.63) is 41.2 Å². The summed E-state index contributed by atoms with van der Waals surface area (Å²) in [7, 11) is -3.45. The van der Waals surface area contributed by atoms with Crippen LogP contribution in [0.15, 0.2) is 35.5 Å². The van der Waals surface area contributed by atoms with Crippen LogP contribution in [0.3, 0.4) is 0 Å². The molecule has 0 unspecified atom stereocenters. The maximum absolute atomic E-state index is 12.8. The molecule has 0 spiro atoms. The minimum Gasteiger partial charge on any atom is -0.382 e. The zero-order chi connectivity index (χ0) is 17.9. The molecule has 2 aromatic rings. The lowest BCUT2D eigenvalue weighted by Crippen LogP contribution is -2.35. The van der Waals surface area contributed by atoms with Crippen molar-refractivity contribution in [2.45, 2.75) is 30.7 Å². The van der Waals surface area contributed by atoms with Crippen LogP contribution in [-0.4, -0.2) is 35.8 Å². The maximum Gasteiger partial charge on any atom is 0.243 e. The first kappa shape index (κ1) is 17.9. The Kier molecular flexibility index (Phi) is 5.41. The van der Waals surface area contributed by atoms with E-state index in [1.165, 1.54) is 6.33 Å². The molecule has 1 fully saturated rings. The highest BCUT2D eigenvalue weighted by Crippen LogP contribution is 2.25. The number of hydrogen-bond acceptors (Lipinski definition) is 6. The third kappa shape index (κ3) is 4.02. The molecule has 0 saturated carbocycles. The standard InChI is InChI=1S/C16H20ClN5O2S/c17-14-15(18)20-11-21-16(14)19-10-12-5-4-6-13(9-12)25(23,24)22-7-2-1-3-8-22/h4-6,9,11H,1-3,7-8,10H2,(H3,18,19,20,21). The van der Waals surface area contributed by atoms with Crippen molar-refractivity contribution in [1.29, 1.82) is 0 Å². The highest BCUT2D eigenvalue weighted by atomic mass is 35.5. The van der Waals surface area contributed by atoms with Crippen LogP contribution in [0, 0.1) is 0 Å². The molecule has 0 amide bonds. The molecule has 0 radical (unpaired) electrons. The van der Waals surface area contributed by atoms with Gasteiger partial charge in [0.1, 0.15) is 17.2 Å². The van der Waals surface area contributed by atoms with Gasteiger partial charge in [0.2, 0.25) is 10.0 Å². The van der Waals surface area contributed by atoms with Gasteiger partial charge in [-0.3, -0.25) is 0 Å². The van der Waals surface area contributed by atoms with E-state index in [9.17, 15) is 8.42 Å². The fraction of sp³-hybridized carbons (Fsp3) is 0.375. The monoisotopic (exact) mass is 381 g/mol. The zero-order valence-electron chi connectivity index (χ0n) is 13.7. The predicted molar refractivity (Wildman–Crippen MR) is 97.8 cm³/mol. The average molecular weight is 382 g/mol. The van der Waals surface area contributed by atoms with E-state index in [0.29, 0.717) is 30.3 Å². The summed E-state index contributed by atoms with van der Waals surface area (Å²) >= 11 is 6.05. The van der Waals surface area contributed by atoms with Gasteiger partial charge in [-0.1, -0.05) is 30.2 Å². The lowest BCUT2D eigenvalue weighted by atomic mass is 10.2. The van der Waals surface area contributed by atoms with Crippen molar-refractivity contribution in [2.75, 3.05) is 24.1 Å². The van der Waals surface area contributed by atoms with Crippen LogP contribution < -0.4 is 11.1 Å². The summed E-state index contributed by atoms with van der Waals surface area (Å²) in [6.07, 6.45) is 4.22. The Bertz CT molecular complexity index is 853. The molecule has 1 aliphatic rings. The molecule has 0 aliphatic carbocycles. The highest BCUT2D eigenvalue weighted by Gasteiger charge is 2.25. The third-order valence-electron chi connectivity index (χ3n) is 4.13. The van der Waals surface area contributed by atoms with E-state index in [1.54, 1.807) is 22.5 Å². The summed E-state index contributed by atoms with van der Waals surface area (Å²) in [4.78, 5) is 8.15. The van der Waals surface area contributed by atoms with Crippen molar-refractivity contribution in [1.82, 2.24) is 14.3 Å². The molecule has 1 aromatic carbocycles. The summed E-state index contributed by atoms with van der Waals surface area (Å²) < 4.78 is 27.1. The molecule has 7 nitrogen and oxygen atoms in total. The Morgan fingerprint density at radius 1 is 1.20 bits per heavy atom. The Morgan fingerprint density at radius 2 is 1.96 bits per heavy atom. The summed E-state index contributed by atoms with van der Waals surface area (Å²) in [6.45, 7) is 1.54. The Morgan fingerprint density at radius 3 is 2.72 bits per heavy atom. The van der Waals surface area contributed by atoms with Gasteiger partial charge in [-0.25, -0.2) is 18.4 Å². The highest BCUT2D eigenvalue weighted by molar-refractivity contribution is 7.89. The van der Waals surface area contributed by atoms with Crippen LogP contribution in [0.1, 0.15) is 24.8 Å². The van der Waals surface area contributed by atoms with Crippen molar-refractivity contribution in [3.8, 4) is 0 Å². The second-order valence-electron chi connectivity index (χ2n) is 5.89. The van der Waals surface area contributed by atoms with Gasteiger partial charge in [0, 0.05) is 19.6 Å². The summed E-state index contributed by atoms with van der Waals surface area (Å²) in [5.41, 5.74) is 6.46. The van der Waals surface area contributed by atoms with E-state index >= 15 is 0 Å². The number of piperidine rings is 1. The Hall–Kier alpha value is -1.90. The first-order valence-corrected chi connectivity index (χ1v) is 9.89. The normalized spacial score (nSPS) is 15.9. The molecule has 9 heteroatoms. The van der Waals surface area contributed by atoms with Crippen molar-refractivity contribution in [3.63, 3.8) is 0 Å². The molecule has 1 aromatic heterocycles. The minimum atomic E-state index is -3.45. The smallest absolute Gasteiger partial charge is 0.243 e. The van der Waals surface area contributed by atoms with Crippen LogP contribution in [0.5, 0.6) is 0 Å². The topological polar surface area (TPSA) is 101 Å². The lowest BCUT2D eigenvalue weighted by Gasteiger charge is -2.26. The second-order valence-corrected chi connectivity index (χ2v) is 8.20. The number of halogens is 1. The molecule has 2 heterocycles. The average Bonchev–Trinajstić information content (AvgIpc) is 2.64. The quantitative estimate of drug-likeness (QED) is 0.825.